The zero-order chi connectivity index (χ0) is 33.1. The highest BCUT2D eigenvalue weighted by atomic mass is 19.4. The Morgan fingerprint density at radius 1 is 0.851 bits per heavy atom. The van der Waals surface area contributed by atoms with Gasteiger partial charge in [0.05, 0.1) is 16.6 Å². The van der Waals surface area contributed by atoms with Gasteiger partial charge in [0, 0.05) is 49.2 Å². The maximum Gasteiger partial charge on any atom is 0.417 e. The number of pyridine rings is 1. The first-order valence-electron chi connectivity index (χ1n) is 16.2. The highest BCUT2D eigenvalue weighted by molar-refractivity contribution is 5.77. The molecular formula is C35H36F6N4O2. The molecule has 12 heteroatoms. The van der Waals surface area contributed by atoms with Crippen molar-refractivity contribution in [2.75, 3.05) is 22.9 Å². The molecule has 0 bridgehead atoms. The molecule has 1 N–H and O–H groups in total. The summed E-state index contributed by atoms with van der Waals surface area (Å²) < 4.78 is 88.3. The van der Waals surface area contributed by atoms with E-state index in [-0.39, 0.29) is 36.2 Å². The van der Waals surface area contributed by atoms with Crippen molar-refractivity contribution in [1.82, 2.24) is 9.97 Å². The molecule has 0 saturated heterocycles. The summed E-state index contributed by atoms with van der Waals surface area (Å²) in [4.78, 5) is 23.9. The standard InChI is InChI=1S/C35H36F6N4O2/c1-20-3-2-4-24-13-25(32(43-31(20)24)45(16-21-5-6-21)17-22-7-8-22)19-44(28-9-10-29-30(15-28)47-33(46)42-29)18-23-11-26(34(36,37)38)14-27(12-23)35(39,40)41/h9-15,20-22H,2-8,16-19H2,1H3,(H,42,46). The van der Waals surface area contributed by atoms with Crippen molar-refractivity contribution in [2.45, 2.75) is 83.2 Å². The van der Waals surface area contributed by atoms with Gasteiger partial charge in [-0.3, -0.25) is 4.98 Å². The molecule has 1 unspecified atom stereocenters. The Morgan fingerprint density at radius 3 is 2.13 bits per heavy atom. The molecule has 2 aromatic carbocycles. The van der Waals surface area contributed by atoms with E-state index >= 15 is 0 Å². The van der Waals surface area contributed by atoms with Crippen molar-refractivity contribution in [3.63, 3.8) is 0 Å². The summed E-state index contributed by atoms with van der Waals surface area (Å²) in [7, 11) is 0. The van der Waals surface area contributed by atoms with E-state index < -0.39 is 29.2 Å². The Kier molecular flexibility index (Phi) is 8.03. The summed E-state index contributed by atoms with van der Waals surface area (Å²) in [5.41, 5.74) is 1.36. The number of H-pyrrole nitrogens is 1. The number of benzene rings is 2. The number of hydrogen-bond donors (Lipinski definition) is 1. The molecule has 7 rings (SSSR count). The SMILES string of the molecule is CC1CCCc2cc(CN(Cc3cc(C(F)(F)F)cc(C(F)(F)F)c3)c3ccc4[nH]c(=O)oc4c3)c(N(CC3CC3)CC3CC3)nc21. The van der Waals surface area contributed by atoms with Gasteiger partial charge in [0.25, 0.3) is 0 Å². The number of hydrogen-bond acceptors (Lipinski definition) is 5. The number of halogens is 6. The molecule has 2 heterocycles. The number of aromatic amines is 1. The van der Waals surface area contributed by atoms with E-state index in [0.717, 1.165) is 92.8 Å². The fourth-order valence-corrected chi connectivity index (χ4v) is 6.74. The summed E-state index contributed by atoms with van der Waals surface area (Å²) in [6.07, 6.45) is -2.40. The number of nitrogens with zero attached hydrogens (tertiary/aromatic N) is 3. The number of rotatable bonds is 10. The Labute approximate surface area is 267 Å². The first-order chi connectivity index (χ1) is 22.3. The quantitative estimate of drug-likeness (QED) is 0.173. The molecule has 2 saturated carbocycles. The van der Waals surface area contributed by atoms with Crippen LogP contribution in [0.4, 0.5) is 37.8 Å². The monoisotopic (exact) mass is 658 g/mol. The molecule has 47 heavy (non-hydrogen) atoms. The van der Waals surface area contributed by atoms with E-state index in [2.05, 4.69) is 22.9 Å². The van der Waals surface area contributed by atoms with E-state index in [1.807, 2.05) is 0 Å². The highest BCUT2D eigenvalue weighted by Crippen LogP contribution is 2.41. The van der Waals surface area contributed by atoms with Gasteiger partial charge >= 0.3 is 18.1 Å². The molecular weight excluding hydrogens is 622 g/mol. The summed E-state index contributed by atoms with van der Waals surface area (Å²) in [6, 6.07) is 8.74. The smallest absolute Gasteiger partial charge is 0.408 e. The van der Waals surface area contributed by atoms with Crippen molar-refractivity contribution in [3.05, 3.63) is 86.5 Å². The Balaban J connectivity index is 1.34. The van der Waals surface area contributed by atoms with Gasteiger partial charge in [-0.25, -0.2) is 9.78 Å². The lowest BCUT2D eigenvalue weighted by atomic mass is 9.87. The third-order valence-corrected chi connectivity index (χ3v) is 9.54. The number of oxazole rings is 1. The topological polar surface area (TPSA) is 65.4 Å². The number of aromatic nitrogens is 2. The average Bonchev–Trinajstić information content (AvgIpc) is 3.94. The van der Waals surface area contributed by atoms with Crippen LogP contribution in [-0.2, 0) is 31.9 Å². The van der Waals surface area contributed by atoms with E-state index in [9.17, 15) is 31.1 Å². The van der Waals surface area contributed by atoms with Crippen LogP contribution in [0.1, 0.15) is 84.9 Å². The maximum absolute atomic E-state index is 13.8. The molecule has 0 aliphatic heterocycles. The minimum Gasteiger partial charge on any atom is -0.408 e. The van der Waals surface area contributed by atoms with Crippen LogP contribution in [0.2, 0.25) is 0 Å². The van der Waals surface area contributed by atoms with Crippen LogP contribution in [0.15, 0.2) is 51.7 Å². The van der Waals surface area contributed by atoms with Crippen molar-refractivity contribution in [1.29, 1.82) is 0 Å². The first kappa shape index (κ1) is 31.6. The summed E-state index contributed by atoms with van der Waals surface area (Å²) >= 11 is 0. The average molecular weight is 659 g/mol. The zero-order valence-electron chi connectivity index (χ0n) is 26.0. The van der Waals surface area contributed by atoms with Gasteiger partial charge in [-0.1, -0.05) is 6.92 Å². The second kappa shape index (κ2) is 11.9. The van der Waals surface area contributed by atoms with E-state index in [1.165, 1.54) is 0 Å². The van der Waals surface area contributed by atoms with Gasteiger partial charge in [0.1, 0.15) is 5.82 Å². The molecule has 3 aliphatic rings. The normalized spacial score (nSPS) is 18.4. The summed E-state index contributed by atoms with van der Waals surface area (Å²) in [6.45, 7) is 3.83. The third kappa shape index (κ3) is 7.16. The van der Waals surface area contributed by atoms with Crippen LogP contribution in [-0.4, -0.2) is 23.1 Å². The number of nitrogens with one attached hydrogen (secondary N) is 1. The predicted molar refractivity (Wildman–Crippen MR) is 166 cm³/mol. The van der Waals surface area contributed by atoms with Crippen LogP contribution in [0.25, 0.3) is 11.1 Å². The largest absolute Gasteiger partial charge is 0.417 e. The van der Waals surface area contributed by atoms with Gasteiger partial charge < -0.3 is 14.2 Å². The van der Waals surface area contributed by atoms with Crippen molar-refractivity contribution in [3.8, 4) is 0 Å². The molecule has 250 valence electrons. The molecule has 0 radical (unpaired) electrons. The van der Waals surface area contributed by atoms with Crippen molar-refractivity contribution < 1.29 is 30.8 Å². The Bertz CT molecular complexity index is 1790. The number of anilines is 2. The van der Waals surface area contributed by atoms with E-state index in [4.69, 9.17) is 9.40 Å². The highest BCUT2D eigenvalue weighted by Gasteiger charge is 2.37. The fourth-order valence-electron chi connectivity index (χ4n) is 6.74. The molecule has 2 fully saturated rings. The minimum absolute atomic E-state index is 0.142. The summed E-state index contributed by atoms with van der Waals surface area (Å²) in [5, 5.41) is 0. The van der Waals surface area contributed by atoms with Gasteiger partial charge in [0.15, 0.2) is 5.58 Å². The molecule has 6 nitrogen and oxygen atoms in total. The zero-order valence-corrected chi connectivity index (χ0v) is 26.0. The Hall–Kier alpha value is -3.96. The molecule has 3 aliphatic carbocycles. The second-order valence-electron chi connectivity index (χ2n) is 13.6. The van der Waals surface area contributed by atoms with Crippen LogP contribution in [0, 0.1) is 11.8 Å². The molecule has 0 amide bonds. The van der Waals surface area contributed by atoms with Crippen LogP contribution in [0.3, 0.4) is 0 Å². The van der Waals surface area contributed by atoms with Gasteiger partial charge in [-0.05, 0) is 110 Å². The first-order valence-corrected chi connectivity index (χ1v) is 16.2. The molecule has 1 atom stereocenters. The van der Waals surface area contributed by atoms with Gasteiger partial charge in [0.2, 0.25) is 0 Å². The number of aryl methyl sites for hydroxylation is 1. The lowest BCUT2D eigenvalue weighted by Crippen LogP contribution is -2.32. The lowest BCUT2D eigenvalue weighted by Gasteiger charge is -2.33. The van der Waals surface area contributed by atoms with E-state index in [1.54, 1.807) is 23.1 Å². The summed E-state index contributed by atoms with van der Waals surface area (Å²) in [5.74, 6) is 1.63. The Morgan fingerprint density at radius 2 is 1.51 bits per heavy atom. The molecule has 0 spiro atoms. The fraction of sp³-hybridized carbons (Fsp3) is 0.486. The van der Waals surface area contributed by atoms with Crippen LogP contribution < -0.4 is 15.6 Å². The van der Waals surface area contributed by atoms with Gasteiger partial charge in [-0.15, -0.1) is 0 Å². The predicted octanol–water partition coefficient (Wildman–Crippen LogP) is 8.83. The molecule has 2 aromatic heterocycles. The van der Waals surface area contributed by atoms with Crippen LogP contribution in [0.5, 0.6) is 0 Å². The maximum atomic E-state index is 13.8. The number of fused-ring (bicyclic) bond motifs is 2. The number of alkyl halides is 6. The van der Waals surface area contributed by atoms with Crippen molar-refractivity contribution in [2.24, 2.45) is 11.8 Å². The van der Waals surface area contributed by atoms with E-state index in [0.29, 0.717) is 23.0 Å². The van der Waals surface area contributed by atoms with Crippen molar-refractivity contribution >= 4 is 22.6 Å². The lowest BCUT2D eigenvalue weighted by molar-refractivity contribution is -0.143. The molecule has 4 aromatic rings. The third-order valence-electron chi connectivity index (χ3n) is 9.54. The second-order valence-corrected chi connectivity index (χ2v) is 13.6. The van der Waals surface area contributed by atoms with Crippen LogP contribution >= 0.6 is 0 Å². The minimum atomic E-state index is -4.97. The van der Waals surface area contributed by atoms with Gasteiger partial charge in [-0.2, -0.15) is 26.3 Å².